The first kappa shape index (κ1) is 17.6. The summed E-state index contributed by atoms with van der Waals surface area (Å²) >= 11 is 0. The Balaban J connectivity index is 1.59. The highest BCUT2D eigenvalue weighted by molar-refractivity contribution is 5.94. The zero-order chi connectivity index (χ0) is 19.3. The summed E-state index contributed by atoms with van der Waals surface area (Å²) in [5.74, 6) is 0. The summed E-state index contributed by atoms with van der Waals surface area (Å²) in [6.07, 6.45) is 5.50. The van der Waals surface area contributed by atoms with E-state index in [-0.39, 0.29) is 6.03 Å². The Labute approximate surface area is 163 Å². The Morgan fingerprint density at radius 1 is 1.14 bits per heavy atom. The summed E-state index contributed by atoms with van der Waals surface area (Å²) in [4.78, 5) is 25.4. The molecule has 0 spiro atoms. The second kappa shape index (κ2) is 7.84. The van der Waals surface area contributed by atoms with Crippen molar-refractivity contribution in [3.63, 3.8) is 0 Å². The van der Waals surface area contributed by atoms with Crippen LogP contribution in [0, 0.1) is 11.5 Å². The molecule has 2 aromatic carbocycles. The monoisotopic (exact) mass is 372 g/mol. The van der Waals surface area contributed by atoms with Gasteiger partial charge in [-0.3, -0.25) is 0 Å². The largest absolute Gasteiger partial charge is 0.364 e. The highest BCUT2D eigenvalue weighted by Crippen LogP contribution is 2.27. The van der Waals surface area contributed by atoms with E-state index < -0.39 is 0 Å². The molecule has 1 N–H and O–H groups in total. The predicted octanol–water partition coefficient (Wildman–Crippen LogP) is 3.34. The number of carbonyl (C=O) groups is 1. The molecule has 0 aliphatic carbocycles. The first-order valence-corrected chi connectivity index (χ1v) is 9.10. The molecule has 140 valence electrons. The second-order valence-corrected chi connectivity index (χ2v) is 6.60. The Hall–Kier alpha value is -3.79. The molecule has 2 heterocycles. The molecule has 0 unspecified atom stereocenters. The maximum absolute atomic E-state index is 13.1. The molecule has 28 heavy (non-hydrogen) atoms. The molecule has 0 bridgehead atoms. The highest BCUT2D eigenvalue weighted by atomic mass is 16.2. The second-order valence-electron chi connectivity index (χ2n) is 6.60. The molecule has 1 aliphatic rings. The van der Waals surface area contributed by atoms with Gasteiger partial charge in [-0.1, -0.05) is 36.4 Å². The van der Waals surface area contributed by atoms with Crippen LogP contribution >= 0.6 is 0 Å². The van der Waals surface area contributed by atoms with Crippen LogP contribution in [0.5, 0.6) is 0 Å². The van der Waals surface area contributed by atoms with Gasteiger partial charge in [-0.15, -0.1) is 0 Å². The lowest BCUT2D eigenvalue weighted by molar-refractivity contribution is 0.207. The molecule has 0 atom stereocenters. The lowest BCUT2D eigenvalue weighted by Gasteiger charge is -2.26. The number of carbonyl (C=O) groups excluding carboxylic acids is 1. The average molecular weight is 372 g/mol. The summed E-state index contributed by atoms with van der Waals surface area (Å²) in [7, 11) is 0. The Morgan fingerprint density at radius 3 is 2.68 bits per heavy atom. The number of amides is 2. The molecule has 2 amide bonds. The van der Waals surface area contributed by atoms with E-state index in [2.05, 4.69) is 20.9 Å². The topological polar surface area (TPSA) is 79.3 Å². The van der Waals surface area contributed by atoms with Crippen molar-refractivity contribution in [1.82, 2.24) is 14.9 Å². The molecule has 1 aliphatic heterocycles. The van der Waals surface area contributed by atoms with Crippen molar-refractivity contribution in [3.8, 4) is 6.19 Å². The number of nitrogens with one attached hydrogen (secondary N) is 1. The molecule has 1 aromatic heterocycles. The minimum atomic E-state index is -0.313. The molecule has 7 heteroatoms. The highest BCUT2D eigenvalue weighted by Gasteiger charge is 2.27. The van der Waals surface area contributed by atoms with Crippen molar-refractivity contribution < 1.29 is 4.79 Å². The number of hydrogen-bond donors (Lipinski definition) is 1. The lowest BCUT2D eigenvalue weighted by Crippen LogP contribution is -2.42. The van der Waals surface area contributed by atoms with Gasteiger partial charge in [-0.2, -0.15) is 10.2 Å². The van der Waals surface area contributed by atoms with Crippen molar-refractivity contribution in [2.45, 2.75) is 13.1 Å². The average Bonchev–Trinajstić information content (AvgIpc) is 3.17. The van der Waals surface area contributed by atoms with E-state index in [0.29, 0.717) is 31.9 Å². The SMILES string of the molecule is N#CN(C(=O)N1CCN(Cc2cnc[nH]2)c2ccccc2C1)c1ccccc1. The number of anilines is 2. The third-order valence-electron chi connectivity index (χ3n) is 4.83. The summed E-state index contributed by atoms with van der Waals surface area (Å²) in [5.41, 5.74) is 3.73. The maximum Gasteiger partial charge on any atom is 0.338 e. The minimum Gasteiger partial charge on any atom is -0.364 e. The zero-order valence-corrected chi connectivity index (χ0v) is 15.3. The van der Waals surface area contributed by atoms with Crippen LogP contribution in [0.2, 0.25) is 0 Å². The molecule has 7 nitrogen and oxygen atoms in total. The fraction of sp³-hybridized carbons (Fsp3) is 0.190. The van der Waals surface area contributed by atoms with Gasteiger partial charge in [0.25, 0.3) is 0 Å². The van der Waals surface area contributed by atoms with Gasteiger partial charge in [0.1, 0.15) is 0 Å². The smallest absolute Gasteiger partial charge is 0.338 e. The van der Waals surface area contributed by atoms with E-state index in [1.54, 1.807) is 23.4 Å². The molecule has 4 rings (SSSR count). The molecule has 0 radical (unpaired) electrons. The van der Waals surface area contributed by atoms with Gasteiger partial charge in [0.05, 0.1) is 24.3 Å². The number of benzene rings is 2. The fourth-order valence-corrected chi connectivity index (χ4v) is 3.43. The fourth-order valence-electron chi connectivity index (χ4n) is 3.43. The lowest BCUT2D eigenvalue weighted by atomic mass is 10.1. The van der Waals surface area contributed by atoms with Gasteiger partial charge in [-0.25, -0.2) is 9.78 Å². The van der Waals surface area contributed by atoms with Gasteiger partial charge < -0.3 is 14.8 Å². The van der Waals surface area contributed by atoms with Crippen molar-refractivity contribution >= 4 is 17.4 Å². The van der Waals surface area contributed by atoms with E-state index in [9.17, 15) is 10.1 Å². The summed E-state index contributed by atoms with van der Waals surface area (Å²) in [6, 6.07) is 16.8. The van der Waals surface area contributed by atoms with E-state index in [1.807, 2.05) is 48.8 Å². The van der Waals surface area contributed by atoms with Crippen LogP contribution in [0.1, 0.15) is 11.3 Å². The van der Waals surface area contributed by atoms with Crippen LogP contribution in [-0.2, 0) is 13.1 Å². The number of urea groups is 1. The van der Waals surface area contributed by atoms with E-state index in [1.165, 1.54) is 0 Å². The van der Waals surface area contributed by atoms with E-state index in [4.69, 9.17) is 0 Å². The number of imidazole rings is 1. The number of nitrogens with zero attached hydrogens (tertiary/aromatic N) is 5. The number of aromatic amines is 1. The predicted molar refractivity (Wildman–Crippen MR) is 106 cm³/mol. The minimum absolute atomic E-state index is 0.313. The van der Waals surface area contributed by atoms with Crippen molar-refractivity contribution in [2.75, 3.05) is 22.9 Å². The van der Waals surface area contributed by atoms with Crippen molar-refractivity contribution in [2.24, 2.45) is 0 Å². The number of rotatable bonds is 3. The number of para-hydroxylation sites is 2. The van der Waals surface area contributed by atoms with Gasteiger partial charge in [-0.05, 0) is 23.8 Å². The van der Waals surface area contributed by atoms with Gasteiger partial charge in [0, 0.05) is 31.5 Å². The normalized spacial score (nSPS) is 13.4. The molecule has 3 aromatic rings. The molecular formula is C21H20N6O. The third kappa shape index (κ3) is 3.53. The Kier molecular flexibility index (Phi) is 4.93. The first-order valence-electron chi connectivity index (χ1n) is 9.10. The van der Waals surface area contributed by atoms with Gasteiger partial charge >= 0.3 is 6.03 Å². The van der Waals surface area contributed by atoms with Crippen molar-refractivity contribution in [3.05, 3.63) is 78.4 Å². The summed E-state index contributed by atoms with van der Waals surface area (Å²) in [5, 5.41) is 9.58. The number of hydrogen-bond acceptors (Lipinski definition) is 4. The maximum atomic E-state index is 13.1. The van der Waals surface area contributed by atoms with Crippen LogP contribution in [0.15, 0.2) is 67.1 Å². The number of nitriles is 1. The Bertz CT molecular complexity index is 980. The van der Waals surface area contributed by atoms with Crippen LogP contribution in [0.4, 0.5) is 16.2 Å². The van der Waals surface area contributed by atoms with Crippen LogP contribution in [0.25, 0.3) is 0 Å². The van der Waals surface area contributed by atoms with E-state index in [0.717, 1.165) is 21.8 Å². The summed E-state index contributed by atoms with van der Waals surface area (Å²) in [6.45, 7) is 2.32. The van der Waals surface area contributed by atoms with E-state index >= 15 is 0 Å². The summed E-state index contributed by atoms with van der Waals surface area (Å²) < 4.78 is 0. The zero-order valence-electron chi connectivity index (χ0n) is 15.3. The third-order valence-corrected chi connectivity index (χ3v) is 4.83. The quantitative estimate of drug-likeness (QED) is 0.565. The first-order chi connectivity index (χ1) is 13.8. The van der Waals surface area contributed by atoms with Gasteiger partial charge in [0.2, 0.25) is 0 Å². The molecule has 0 saturated heterocycles. The number of H-pyrrole nitrogens is 1. The molecular weight excluding hydrogens is 352 g/mol. The Morgan fingerprint density at radius 2 is 1.93 bits per heavy atom. The number of fused-ring (bicyclic) bond motifs is 1. The number of aromatic nitrogens is 2. The standard InChI is InChI=1S/C21H20N6O/c22-15-27(19-7-2-1-3-8-19)21(28)26-11-10-25(14-18-12-23-16-24-18)20-9-5-4-6-17(20)13-26/h1-9,12,16H,10-11,13-14H2,(H,23,24). The van der Waals surface area contributed by atoms with Crippen LogP contribution in [0.3, 0.4) is 0 Å². The van der Waals surface area contributed by atoms with Crippen LogP contribution in [-0.4, -0.2) is 34.0 Å². The van der Waals surface area contributed by atoms with Gasteiger partial charge in [0.15, 0.2) is 6.19 Å². The van der Waals surface area contributed by atoms with Crippen LogP contribution < -0.4 is 9.80 Å². The molecule has 0 saturated carbocycles. The van der Waals surface area contributed by atoms with Crippen molar-refractivity contribution in [1.29, 1.82) is 5.26 Å². The molecule has 0 fully saturated rings.